The molecule has 0 aliphatic carbocycles. The minimum absolute atomic E-state index is 0.224. The Labute approximate surface area is 107 Å². The number of anilines is 1. The van der Waals surface area contributed by atoms with Crippen LogP contribution in [0.15, 0.2) is 24.3 Å². The van der Waals surface area contributed by atoms with Crippen molar-refractivity contribution >= 4 is 17.3 Å². The van der Waals surface area contributed by atoms with Crippen LogP contribution < -0.4 is 10.2 Å². The smallest absolute Gasteiger partial charge is 0.0643 e. The van der Waals surface area contributed by atoms with Gasteiger partial charge in [-0.25, -0.2) is 0 Å². The van der Waals surface area contributed by atoms with E-state index in [1.165, 1.54) is 0 Å². The zero-order chi connectivity index (χ0) is 12.3. The van der Waals surface area contributed by atoms with Gasteiger partial charge in [0.15, 0.2) is 0 Å². The number of nitrogens with zero attached hydrogens (tertiary/aromatic N) is 2. The second-order valence-electron chi connectivity index (χ2n) is 4.41. The molecule has 1 aromatic carbocycles. The molecule has 17 heavy (non-hydrogen) atoms. The van der Waals surface area contributed by atoms with E-state index in [-0.39, 0.29) is 6.04 Å². The number of nitrogens with one attached hydrogen (secondary N) is 1. The molecule has 0 radical (unpaired) electrons. The van der Waals surface area contributed by atoms with Crippen LogP contribution in [0.4, 0.5) is 5.69 Å². The van der Waals surface area contributed by atoms with E-state index < -0.39 is 0 Å². The van der Waals surface area contributed by atoms with Gasteiger partial charge in [-0.1, -0.05) is 17.7 Å². The van der Waals surface area contributed by atoms with Crippen molar-refractivity contribution in [3.8, 4) is 6.07 Å². The molecule has 1 saturated heterocycles. The number of hydrogen-bond donors (Lipinski definition) is 1. The lowest BCUT2D eigenvalue weighted by Gasteiger charge is -2.42. The van der Waals surface area contributed by atoms with Crippen LogP contribution in [0.3, 0.4) is 0 Å². The summed E-state index contributed by atoms with van der Waals surface area (Å²) < 4.78 is 0. The molecular formula is C13H16ClN3. The largest absolute Gasteiger partial charge is 0.362 e. The molecule has 0 saturated carbocycles. The van der Waals surface area contributed by atoms with Gasteiger partial charge in [-0.05, 0) is 25.1 Å². The van der Waals surface area contributed by atoms with Crippen molar-refractivity contribution in [3.63, 3.8) is 0 Å². The summed E-state index contributed by atoms with van der Waals surface area (Å²) in [7, 11) is 0. The average Bonchev–Trinajstić information content (AvgIpc) is 2.29. The minimum Gasteiger partial charge on any atom is -0.362 e. The molecule has 1 aliphatic heterocycles. The Hall–Kier alpha value is -1.24. The third kappa shape index (κ3) is 2.71. The summed E-state index contributed by atoms with van der Waals surface area (Å²) in [4.78, 5) is 2.30. The highest BCUT2D eigenvalue weighted by atomic mass is 35.5. The van der Waals surface area contributed by atoms with Crippen molar-refractivity contribution in [1.82, 2.24) is 5.32 Å². The molecule has 0 spiro atoms. The van der Waals surface area contributed by atoms with Gasteiger partial charge < -0.3 is 10.2 Å². The molecule has 1 aliphatic rings. The molecule has 90 valence electrons. The fraction of sp³-hybridized carbons (Fsp3) is 0.462. The second kappa shape index (κ2) is 5.39. The first-order valence-electron chi connectivity index (χ1n) is 5.84. The van der Waals surface area contributed by atoms with Gasteiger partial charge in [0.2, 0.25) is 0 Å². The summed E-state index contributed by atoms with van der Waals surface area (Å²) in [6.07, 6.45) is 0.532. The van der Waals surface area contributed by atoms with Gasteiger partial charge in [0.05, 0.1) is 18.5 Å². The summed E-state index contributed by atoms with van der Waals surface area (Å²) >= 11 is 6.03. The molecule has 1 N–H and O–H groups in total. The molecule has 2 unspecified atom stereocenters. The Morgan fingerprint density at radius 3 is 3.06 bits per heavy atom. The fourth-order valence-electron chi connectivity index (χ4n) is 2.39. The SMILES string of the molecule is CC1CNCC(CC#N)N1c1cccc(Cl)c1. The molecule has 4 heteroatoms. The molecule has 1 aromatic rings. The van der Waals surface area contributed by atoms with E-state index in [0.29, 0.717) is 12.5 Å². The molecular weight excluding hydrogens is 234 g/mol. The normalized spacial score (nSPS) is 24.4. The Bertz CT molecular complexity index is 427. The zero-order valence-electron chi connectivity index (χ0n) is 9.86. The molecule has 2 atom stereocenters. The first-order valence-corrected chi connectivity index (χ1v) is 6.21. The van der Waals surface area contributed by atoms with Crippen LogP contribution in [0.25, 0.3) is 0 Å². The molecule has 0 bridgehead atoms. The van der Waals surface area contributed by atoms with Crippen molar-refractivity contribution < 1.29 is 0 Å². The van der Waals surface area contributed by atoms with Gasteiger partial charge in [-0.15, -0.1) is 0 Å². The van der Waals surface area contributed by atoms with Crippen LogP contribution in [0.2, 0.25) is 5.02 Å². The Balaban J connectivity index is 2.28. The van der Waals surface area contributed by atoms with Gasteiger partial charge >= 0.3 is 0 Å². The maximum Gasteiger partial charge on any atom is 0.0643 e. The van der Waals surface area contributed by atoms with Crippen LogP contribution in [-0.4, -0.2) is 25.2 Å². The summed E-state index contributed by atoms with van der Waals surface area (Å²) in [5, 5.41) is 13.0. The maximum atomic E-state index is 8.89. The maximum absolute atomic E-state index is 8.89. The lowest BCUT2D eigenvalue weighted by molar-refractivity contribution is 0.417. The zero-order valence-corrected chi connectivity index (χ0v) is 10.6. The monoisotopic (exact) mass is 249 g/mol. The van der Waals surface area contributed by atoms with Crippen LogP contribution >= 0.6 is 11.6 Å². The van der Waals surface area contributed by atoms with Gasteiger partial charge in [-0.3, -0.25) is 0 Å². The number of halogens is 1. The van der Waals surface area contributed by atoms with Crippen LogP contribution in [-0.2, 0) is 0 Å². The van der Waals surface area contributed by atoms with Crippen molar-refractivity contribution in [2.24, 2.45) is 0 Å². The van der Waals surface area contributed by atoms with Crippen LogP contribution in [0.1, 0.15) is 13.3 Å². The van der Waals surface area contributed by atoms with Crippen molar-refractivity contribution in [2.45, 2.75) is 25.4 Å². The van der Waals surface area contributed by atoms with E-state index in [4.69, 9.17) is 16.9 Å². The molecule has 0 aromatic heterocycles. The Morgan fingerprint density at radius 2 is 2.35 bits per heavy atom. The Kier molecular flexibility index (Phi) is 3.88. The standard InChI is InChI=1S/C13H16ClN3/c1-10-8-16-9-13(5-6-15)17(10)12-4-2-3-11(14)7-12/h2-4,7,10,13,16H,5,8-9H2,1H3. The third-order valence-corrected chi connectivity index (χ3v) is 3.36. The van der Waals surface area contributed by atoms with Gasteiger partial charge in [-0.2, -0.15) is 5.26 Å². The van der Waals surface area contributed by atoms with Crippen LogP contribution in [0, 0.1) is 11.3 Å². The van der Waals surface area contributed by atoms with Crippen LogP contribution in [0.5, 0.6) is 0 Å². The summed E-state index contributed by atoms with van der Waals surface area (Å²) in [6.45, 7) is 3.95. The molecule has 1 fully saturated rings. The predicted molar refractivity (Wildman–Crippen MR) is 70.3 cm³/mol. The van der Waals surface area contributed by atoms with E-state index in [1.807, 2.05) is 18.2 Å². The van der Waals surface area contributed by atoms with Gasteiger partial charge in [0.1, 0.15) is 0 Å². The van der Waals surface area contributed by atoms with Crippen molar-refractivity contribution in [3.05, 3.63) is 29.3 Å². The second-order valence-corrected chi connectivity index (χ2v) is 4.85. The molecule has 0 amide bonds. The number of rotatable bonds is 2. The molecule has 2 rings (SSSR count). The Morgan fingerprint density at radius 1 is 1.53 bits per heavy atom. The highest BCUT2D eigenvalue weighted by Gasteiger charge is 2.27. The van der Waals surface area contributed by atoms with E-state index in [9.17, 15) is 0 Å². The highest BCUT2D eigenvalue weighted by Crippen LogP contribution is 2.25. The number of piperazine rings is 1. The van der Waals surface area contributed by atoms with E-state index in [2.05, 4.69) is 29.3 Å². The summed E-state index contributed by atoms with van der Waals surface area (Å²) in [5.74, 6) is 0. The van der Waals surface area contributed by atoms with E-state index >= 15 is 0 Å². The molecule has 1 heterocycles. The lowest BCUT2D eigenvalue weighted by atomic mass is 10.0. The number of nitriles is 1. The molecule has 3 nitrogen and oxygen atoms in total. The summed E-state index contributed by atoms with van der Waals surface area (Å²) in [5.41, 5.74) is 1.10. The van der Waals surface area contributed by atoms with Crippen molar-refractivity contribution in [2.75, 3.05) is 18.0 Å². The summed E-state index contributed by atoms with van der Waals surface area (Å²) in [6, 6.07) is 10.7. The van der Waals surface area contributed by atoms with E-state index in [1.54, 1.807) is 0 Å². The quantitative estimate of drug-likeness (QED) is 0.875. The fourth-order valence-corrected chi connectivity index (χ4v) is 2.58. The average molecular weight is 250 g/mol. The first kappa shape index (κ1) is 12.2. The highest BCUT2D eigenvalue weighted by molar-refractivity contribution is 6.30. The predicted octanol–water partition coefficient (Wildman–Crippen LogP) is 2.42. The lowest BCUT2D eigenvalue weighted by Crippen LogP contribution is -2.56. The first-order chi connectivity index (χ1) is 8.22. The minimum atomic E-state index is 0.224. The van der Waals surface area contributed by atoms with Gasteiger partial charge in [0, 0.05) is 29.8 Å². The topological polar surface area (TPSA) is 39.1 Å². The number of benzene rings is 1. The number of hydrogen-bond acceptors (Lipinski definition) is 3. The van der Waals surface area contributed by atoms with Crippen molar-refractivity contribution in [1.29, 1.82) is 5.26 Å². The van der Waals surface area contributed by atoms with Gasteiger partial charge in [0.25, 0.3) is 0 Å². The van der Waals surface area contributed by atoms with E-state index in [0.717, 1.165) is 23.8 Å². The third-order valence-electron chi connectivity index (χ3n) is 3.12.